The van der Waals surface area contributed by atoms with Crippen LogP contribution in [0.3, 0.4) is 0 Å². The lowest BCUT2D eigenvalue weighted by Gasteiger charge is -2.13. The van der Waals surface area contributed by atoms with Gasteiger partial charge in [0.2, 0.25) is 0 Å². The average Bonchev–Trinajstić information content (AvgIpc) is 3.01. The molecule has 0 aliphatic carbocycles. The van der Waals surface area contributed by atoms with Gasteiger partial charge < -0.3 is 18.8 Å². The highest BCUT2D eigenvalue weighted by Crippen LogP contribution is 2.28. The Morgan fingerprint density at radius 2 is 1.92 bits per heavy atom. The third-order valence-electron chi connectivity index (χ3n) is 3.83. The highest BCUT2D eigenvalue weighted by Gasteiger charge is 2.21. The van der Waals surface area contributed by atoms with Gasteiger partial charge in [-0.3, -0.25) is 4.79 Å². The van der Waals surface area contributed by atoms with Crippen LogP contribution in [0.2, 0.25) is 0 Å². The van der Waals surface area contributed by atoms with E-state index in [1.54, 1.807) is 37.2 Å². The Kier molecular flexibility index (Phi) is 4.42. The number of carbonyl (C=O) groups is 1. The Balaban J connectivity index is 2.04. The summed E-state index contributed by atoms with van der Waals surface area (Å²) in [5.41, 5.74) is 1.39. The van der Waals surface area contributed by atoms with Gasteiger partial charge in [-0.15, -0.1) is 0 Å². The maximum atomic E-state index is 12.0. The van der Waals surface area contributed by atoms with Crippen LogP contribution in [0.1, 0.15) is 15.9 Å². The van der Waals surface area contributed by atoms with E-state index in [0.717, 1.165) is 5.56 Å². The Hall–Kier alpha value is -3.29. The quantitative estimate of drug-likeness (QED) is 0.706. The van der Waals surface area contributed by atoms with Crippen LogP contribution in [-0.4, -0.2) is 42.1 Å². The lowest BCUT2D eigenvalue weighted by atomic mass is 10.1. The van der Waals surface area contributed by atoms with Gasteiger partial charge in [0, 0.05) is 18.9 Å². The molecule has 8 heteroatoms. The number of aromatic nitrogens is 3. The summed E-state index contributed by atoms with van der Waals surface area (Å²) in [6.45, 7) is 0.422. The van der Waals surface area contributed by atoms with Crippen molar-refractivity contribution >= 4 is 5.97 Å². The first-order valence-corrected chi connectivity index (χ1v) is 7.44. The molecule has 2 aliphatic heterocycles. The van der Waals surface area contributed by atoms with Crippen LogP contribution in [0.4, 0.5) is 0 Å². The Labute approximate surface area is 143 Å². The molecule has 0 spiro atoms. The molecule has 1 aromatic rings. The summed E-state index contributed by atoms with van der Waals surface area (Å²) in [6, 6.07) is 5.51. The molecular weight excluding hydrogens is 326 g/mol. The fourth-order valence-electron chi connectivity index (χ4n) is 2.63. The van der Waals surface area contributed by atoms with E-state index < -0.39 is 5.97 Å². The molecule has 0 fully saturated rings. The minimum atomic E-state index is -0.557. The highest BCUT2D eigenvalue weighted by atomic mass is 16.5. The number of hydrogen-bond donors (Lipinski definition) is 1. The number of hydrogen-bond acceptors (Lipinski definition) is 6. The third kappa shape index (κ3) is 3.06. The number of ether oxygens (including phenoxy) is 3. The molecular formula is C17H17N3O5. The van der Waals surface area contributed by atoms with Crippen molar-refractivity contribution in [3.8, 4) is 22.8 Å². The Morgan fingerprint density at radius 1 is 1.16 bits per heavy atom. The van der Waals surface area contributed by atoms with E-state index in [4.69, 9.17) is 14.2 Å². The predicted molar refractivity (Wildman–Crippen MR) is 89.5 cm³/mol. The smallest absolute Gasteiger partial charge is 0.341 e. The molecule has 0 bridgehead atoms. The topological polar surface area (TPSA) is 95.4 Å². The van der Waals surface area contributed by atoms with E-state index in [1.807, 2.05) is 12.1 Å². The maximum absolute atomic E-state index is 12.0. The second kappa shape index (κ2) is 6.68. The molecule has 1 aromatic carbocycles. The van der Waals surface area contributed by atoms with Gasteiger partial charge in [0.25, 0.3) is 5.56 Å². The fraction of sp³-hybridized carbons (Fsp3) is 0.235. The minimum Gasteiger partial charge on any atom is -0.493 e. The number of H-pyrrole nitrogens is 1. The Bertz CT molecular complexity index is 944. The lowest BCUT2D eigenvalue weighted by Crippen LogP contribution is -2.12. The van der Waals surface area contributed by atoms with Crippen molar-refractivity contribution in [2.24, 2.45) is 0 Å². The van der Waals surface area contributed by atoms with Crippen molar-refractivity contribution in [2.75, 3.05) is 21.3 Å². The van der Waals surface area contributed by atoms with Crippen LogP contribution in [0.5, 0.6) is 11.5 Å². The lowest BCUT2D eigenvalue weighted by molar-refractivity contribution is 0.0600. The number of nitrogens with one attached hydrogen (secondary N) is 1. The minimum absolute atomic E-state index is 0.221. The van der Waals surface area contributed by atoms with Crippen molar-refractivity contribution in [1.82, 2.24) is 14.8 Å². The number of rotatable bonds is 5. The summed E-state index contributed by atoms with van der Waals surface area (Å²) in [4.78, 5) is 23.9. The van der Waals surface area contributed by atoms with Crippen molar-refractivity contribution in [3.63, 3.8) is 0 Å². The van der Waals surface area contributed by atoms with E-state index in [-0.39, 0.29) is 11.1 Å². The molecule has 2 aliphatic rings. The molecule has 3 rings (SSSR count). The second-order valence-electron chi connectivity index (χ2n) is 5.34. The van der Waals surface area contributed by atoms with Gasteiger partial charge in [-0.25, -0.2) is 9.89 Å². The normalized spacial score (nSPS) is 10.7. The van der Waals surface area contributed by atoms with Crippen LogP contribution in [-0.2, 0) is 11.3 Å². The molecule has 0 unspecified atom stereocenters. The number of carbonyl (C=O) groups excluding carboxylic acids is 1. The van der Waals surface area contributed by atoms with Gasteiger partial charge in [-0.2, -0.15) is 5.10 Å². The summed E-state index contributed by atoms with van der Waals surface area (Å²) >= 11 is 0. The number of aromatic amines is 1. The van der Waals surface area contributed by atoms with E-state index in [0.29, 0.717) is 29.3 Å². The van der Waals surface area contributed by atoms with Gasteiger partial charge in [-0.1, -0.05) is 6.07 Å². The molecule has 1 N–H and O–H groups in total. The Morgan fingerprint density at radius 3 is 2.60 bits per heavy atom. The molecule has 0 amide bonds. The third-order valence-corrected chi connectivity index (χ3v) is 3.83. The van der Waals surface area contributed by atoms with E-state index in [1.165, 1.54) is 7.11 Å². The number of esters is 1. The molecule has 0 atom stereocenters. The molecule has 0 aromatic heterocycles. The molecule has 25 heavy (non-hydrogen) atoms. The molecule has 0 radical (unpaired) electrons. The van der Waals surface area contributed by atoms with Crippen LogP contribution in [0.25, 0.3) is 11.3 Å². The van der Waals surface area contributed by atoms with E-state index >= 15 is 0 Å². The fourth-order valence-corrected chi connectivity index (χ4v) is 2.63. The van der Waals surface area contributed by atoms with Crippen LogP contribution in [0, 0.1) is 0 Å². The maximum Gasteiger partial charge on any atom is 0.341 e. The molecule has 0 saturated carbocycles. The van der Waals surface area contributed by atoms with Crippen LogP contribution >= 0.6 is 0 Å². The zero-order valence-corrected chi connectivity index (χ0v) is 14.0. The molecule has 2 heterocycles. The SMILES string of the molecule is COC(=O)c1cn(Cc2ccc(OC)c(OC)c2)cc2c(=O)[nH]nc1-2. The summed E-state index contributed by atoms with van der Waals surface area (Å²) in [7, 11) is 4.41. The monoisotopic (exact) mass is 343 g/mol. The number of fused-ring (bicyclic) bond motifs is 1. The van der Waals surface area contributed by atoms with Crippen molar-refractivity contribution < 1.29 is 19.0 Å². The highest BCUT2D eigenvalue weighted by molar-refractivity contribution is 5.95. The summed E-state index contributed by atoms with van der Waals surface area (Å²) in [6.07, 6.45) is 3.25. The number of pyridine rings is 1. The van der Waals surface area contributed by atoms with E-state index in [9.17, 15) is 9.59 Å². The van der Waals surface area contributed by atoms with Crippen molar-refractivity contribution in [2.45, 2.75) is 6.54 Å². The van der Waals surface area contributed by atoms with Gasteiger partial charge in [-0.05, 0) is 17.7 Å². The zero-order chi connectivity index (χ0) is 18.0. The second-order valence-corrected chi connectivity index (χ2v) is 5.34. The average molecular weight is 343 g/mol. The largest absolute Gasteiger partial charge is 0.493 e. The summed E-state index contributed by atoms with van der Waals surface area (Å²) in [5, 5.41) is 6.25. The first-order valence-electron chi connectivity index (χ1n) is 7.44. The number of methoxy groups -OCH3 is 3. The summed E-state index contributed by atoms with van der Waals surface area (Å²) in [5.74, 6) is 0.666. The van der Waals surface area contributed by atoms with Gasteiger partial charge >= 0.3 is 5.97 Å². The summed E-state index contributed by atoms with van der Waals surface area (Å²) < 4.78 is 17.0. The predicted octanol–water partition coefficient (Wildman–Crippen LogP) is 1.53. The molecule has 0 saturated heterocycles. The van der Waals surface area contributed by atoms with Gasteiger partial charge in [0.1, 0.15) is 11.3 Å². The number of nitrogens with zero attached hydrogens (tertiary/aromatic N) is 2. The number of benzene rings is 1. The van der Waals surface area contributed by atoms with Crippen molar-refractivity contribution in [3.05, 3.63) is 52.1 Å². The van der Waals surface area contributed by atoms with Gasteiger partial charge in [0.05, 0.1) is 26.9 Å². The van der Waals surface area contributed by atoms with Gasteiger partial charge in [0.15, 0.2) is 11.5 Å². The molecule has 130 valence electrons. The zero-order valence-electron chi connectivity index (χ0n) is 14.0. The van der Waals surface area contributed by atoms with Crippen LogP contribution in [0.15, 0.2) is 35.4 Å². The first-order chi connectivity index (χ1) is 12.1. The first kappa shape index (κ1) is 16.6. The van der Waals surface area contributed by atoms with E-state index in [2.05, 4.69) is 10.2 Å². The van der Waals surface area contributed by atoms with Crippen molar-refractivity contribution in [1.29, 1.82) is 0 Å². The molecule has 8 nitrogen and oxygen atoms in total. The standard InChI is InChI=1S/C17H17N3O5/c1-23-13-5-4-10(6-14(13)24-2)7-20-8-11-15(18-19-16(11)21)12(9-20)17(22)25-3/h4-6,8-9H,7H2,1-3H3,(H,19,21). The van der Waals surface area contributed by atoms with Crippen LogP contribution < -0.4 is 15.0 Å².